The molecule has 2 amide bonds. The second kappa shape index (κ2) is 34.0. The maximum absolute atomic E-state index is 12.9. The van der Waals surface area contributed by atoms with Gasteiger partial charge in [-0.15, -0.1) is 12.8 Å². The monoisotopic (exact) mass is 1010 g/mol. The van der Waals surface area contributed by atoms with Crippen molar-refractivity contribution in [2.24, 2.45) is 11.8 Å². The third kappa shape index (κ3) is 32.2. The maximum Gasteiger partial charge on any atom is 0.407 e. The molecular weight excluding hydrogens is 909 g/mol. The Kier molecular flexibility index (Phi) is 35.6. The standard InChI is InChI=1S/C26H45NO5Si.C19H39NO5Si.C4H8O.C2H6.C2H2.CH4/c1-11-19(2)23(27-24(29)31-25(3,4)5)21(32-33(9,10)26(6,7)8)17-22(28)30-18-20-15-13-12-14-16-20;1-11-13(2)16(20-17(23)24-18(3,4)5)14(12-15(21)22)25-26(9,10)19(6,7)8;1-2-4-5-3-1;2*1-2;/h12-16,19,21,23H,11,17-18H2,1-10H3,(H,27,29);13-14,16H,11-12H2,1-10H3,(H,20,23)(H,21,22);1-4H2;1-2H3;1-2H;1H4/t19-,21+,23+;13-,14+,16+;;;;/m00..../s1. The van der Waals surface area contributed by atoms with Crippen LogP contribution in [0.4, 0.5) is 9.59 Å². The maximum atomic E-state index is 12.9. The fourth-order valence-electron chi connectivity index (χ4n) is 5.84. The van der Waals surface area contributed by atoms with Crippen LogP contribution < -0.4 is 10.6 Å². The minimum absolute atomic E-state index is 0. The van der Waals surface area contributed by atoms with Crippen LogP contribution in [0.3, 0.4) is 0 Å². The van der Waals surface area contributed by atoms with Crippen LogP contribution in [0, 0.1) is 24.7 Å². The average Bonchev–Trinajstić information content (AvgIpc) is 3.81. The van der Waals surface area contributed by atoms with Crippen molar-refractivity contribution in [1.82, 2.24) is 10.6 Å². The predicted octanol–water partition coefficient (Wildman–Crippen LogP) is 13.9. The van der Waals surface area contributed by atoms with Gasteiger partial charge >= 0.3 is 24.1 Å². The molecule has 1 aliphatic heterocycles. The molecule has 1 aromatic carbocycles. The van der Waals surface area contributed by atoms with Gasteiger partial charge in [-0.05, 0) is 108 Å². The van der Waals surface area contributed by atoms with Gasteiger partial charge in [0.05, 0.1) is 37.1 Å². The van der Waals surface area contributed by atoms with Crippen LogP contribution in [0.5, 0.6) is 0 Å². The van der Waals surface area contributed by atoms with Crippen LogP contribution in [0.15, 0.2) is 30.3 Å². The third-order valence-electron chi connectivity index (χ3n) is 12.0. The van der Waals surface area contributed by atoms with Crippen molar-refractivity contribution in [2.75, 3.05) is 13.2 Å². The number of hydrogen-bond acceptors (Lipinski definition) is 10. The molecule has 404 valence electrons. The van der Waals surface area contributed by atoms with Crippen molar-refractivity contribution in [3.63, 3.8) is 0 Å². The first-order valence-corrected chi connectivity index (χ1v) is 30.5. The molecule has 1 aromatic rings. The van der Waals surface area contributed by atoms with Crippen molar-refractivity contribution in [2.45, 2.75) is 249 Å². The van der Waals surface area contributed by atoms with E-state index in [2.05, 4.69) is 105 Å². The van der Waals surface area contributed by atoms with Crippen molar-refractivity contribution in [1.29, 1.82) is 0 Å². The largest absolute Gasteiger partial charge is 0.481 e. The Morgan fingerprint density at radius 3 is 1.29 bits per heavy atom. The third-order valence-corrected chi connectivity index (χ3v) is 21.0. The number of rotatable bonds is 18. The molecule has 0 unspecified atom stereocenters. The van der Waals surface area contributed by atoms with Crippen molar-refractivity contribution < 1.29 is 52.1 Å². The molecule has 0 aliphatic carbocycles. The molecule has 0 bridgehead atoms. The normalized spacial score (nSPS) is 15.4. The van der Waals surface area contributed by atoms with Crippen LogP contribution >= 0.6 is 0 Å². The predicted molar refractivity (Wildman–Crippen MR) is 290 cm³/mol. The Labute approximate surface area is 424 Å². The lowest BCUT2D eigenvalue weighted by molar-refractivity contribution is -0.147. The summed E-state index contributed by atoms with van der Waals surface area (Å²) in [5.74, 6) is -1.15. The van der Waals surface area contributed by atoms with E-state index < -0.39 is 64.2 Å². The topological polar surface area (TPSA) is 168 Å². The molecule has 1 aliphatic rings. The Hall–Kier alpha value is -3.43. The zero-order chi connectivity index (χ0) is 53.9. The summed E-state index contributed by atoms with van der Waals surface area (Å²) in [5.41, 5.74) is -0.306. The number of terminal acetylenes is 1. The highest BCUT2D eigenvalue weighted by Crippen LogP contribution is 2.40. The smallest absolute Gasteiger partial charge is 0.407 e. The number of benzene rings is 1. The number of carboxylic acid groups (broad SMARTS) is 1. The van der Waals surface area contributed by atoms with Gasteiger partial charge in [-0.3, -0.25) is 9.59 Å². The van der Waals surface area contributed by atoms with Gasteiger partial charge in [0.1, 0.15) is 17.8 Å². The van der Waals surface area contributed by atoms with E-state index in [1.165, 1.54) is 12.8 Å². The zero-order valence-corrected chi connectivity index (χ0v) is 48.9. The summed E-state index contributed by atoms with van der Waals surface area (Å²) in [6.07, 6.45) is 9.90. The molecule has 1 fully saturated rings. The number of hydrogen-bond donors (Lipinski definition) is 3. The summed E-state index contributed by atoms with van der Waals surface area (Å²) in [4.78, 5) is 49.3. The first-order valence-electron chi connectivity index (χ1n) is 24.7. The average molecular weight is 1010 g/mol. The lowest BCUT2D eigenvalue weighted by Crippen LogP contribution is -2.55. The fourth-order valence-corrected chi connectivity index (χ4v) is 8.52. The number of esters is 1. The Bertz CT molecular complexity index is 1570. The fraction of sp³-hybridized carbons (Fsp3) is 0.778. The van der Waals surface area contributed by atoms with Gasteiger partial charge in [-0.2, -0.15) is 0 Å². The van der Waals surface area contributed by atoms with E-state index in [9.17, 15) is 24.3 Å². The second-order valence-corrected chi connectivity index (χ2v) is 31.7. The van der Waals surface area contributed by atoms with Gasteiger partial charge in [0.25, 0.3) is 0 Å². The minimum Gasteiger partial charge on any atom is -0.481 e. The number of ether oxygens (including phenoxy) is 4. The van der Waals surface area contributed by atoms with Crippen LogP contribution in [0.1, 0.15) is 176 Å². The molecule has 69 heavy (non-hydrogen) atoms. The molecule has 0 radical (unpaired) electrons. The van der Waals surface area contributed by atoms with Gasteiger partial charge in [0, 0.05) is 13.2 Å². The summed E-state index contributed by atoms with van der Waals surface area (Å²) >= 11 is 0. The molecule has 15 heteroatoms. The Morgan fingerprint density at radius 2 is 1.01 bits per heavy atom. The number of amides is 2. The number of carboxylic acids is 1. The van der Waals surface area contributed by atoms with Gasteiger partial charge in [0.2, 0.25) is 0 Å². The second-order valence-electron chi connectivity index (χ2n) is 22.2. The summed E-state index contributed by atoms with van der Waals surface area (Å²) in [6, 6.07) is 8.77. The highest BCUT2D eigenvalue weighted by molar-refractivity contribution is 6.74. The SMILES string of the molecule is C.C#C.C1CCOC1.CC.CC[C@H](C)[C@@H](NC(=O)OC(C)(C)C)[C@@H](CC(=O)O)O[Si](C)(C)C(C)(C)C.CC[C@H](C)[C@@H](NC(=O)OC(C)(C)C)[C@@H](CC(=O)OCc1ccccc1)O[Si](C)(C)C(C)(C)C. The van der Waals surface area contributed by atoms with Crippen molar-refractivity contribution in [3.05, 3.63) is 35.9 Å². The van der Waals surface area contributed by atoms with E-state index in [0.717, 1.165) is 31.6 Å². The highest BCUT2D eigenvalue weighted by Gasteiger charge is 2.44. The molecule has 0 aromatic heterocycles. The first-order chi connectivity index (χ1) is 31.1. The van der Waals surface area contributed by atoms with E-state index in [0.29, 0.717) is 0 Å². The van der Waals surface area contributed by atoms with E-state index in [-0.39, 0.29) is 60.8 Å². The molecule has 0 spiro atoms. The van der Waals surface area contributed by atoms with Crippen LogP contribution in [-0.4, -0.2) is 94.6 Å². The zero-order valence-electron chi connectivity index (χ0n) is 46.9. The minimum atomic E-state index is -2.24. The number of carbonyl (C=O) groups is 4. The number of nitrogens with one attached hydrogen (secondary N) is 2. The Balaban J connectivity index is -0.000000522. The molecule has 1 saturated heterocycles. The van der Waals surface area contributed by atoms with E-state index >= 15 is 0 Å². The van der Waals surface area contributed by atoms with E-state index in [1.54, 1.807) is 20.8 Å². The van der Waals surface area contributed by atoms with Crippen LogP contribution in [0.25, 0.3) is 0 Å². The van der Waals surface area contributed by atoms with Crippen LogP contribution in [0.2, 0.25) is 36.3 Å². The lowest BCUT2D eigenvalue weighted by Gasteiger charge is -2.42. The lowest BCUT2D eigenvalue weighted by atomic mass is 9.93. The van der Waals surface area contributed by atoms with Crippen LogP contribution in [-0.2, 0) is 44.0 Å². The molecule has 6 atom stereocenters. The molecule has 3 N–H and O–H groups in total. The summed E-state index contributed by atoms with van der Waals surface area (Å²) in [6.45, 7) is 46.5. The summed E-state index contributed by atoms with van der Waals surface area (Å²) in [7, 11) is -4.45. The van der Waals surface area contributed by atoms with E-state index in [4.69, 9.17) is 27.8 Å². The Morgan fingerprint density at radius 1 is 0.667 bits per heavy atom. The van der Waals surface area contributed by atoms with Gasteiger partial charge in [-0.1, -0.05) is 134 Å². The molecular formula is C54H104N2O11Si2. The first kappa shape index (κ1) is 72.1. The molecule has 0 saturated carbocycles. The molecule has 1 heterocycles. The number of alkyl carbamates (subject to hydrolysis) is 2. The molecule has 13 nitrogen and oxygen atoms in total. The van der Waals surface area contributed by atoms with Crippen molar-refractivity contribution in [3.8, 4) is 12.8 Å². The molecule has 2 rings (SSSR count). The summed E-state index contributed by atoms with van der Waals surface area (Å²) < 4.78 is 34.5. The van der Waals surface area contributed by atoms with Gasteiger partial charge in [-0.25, -0.2) is 9.59 Å². The van der Waals surface area contributed by atoms with E-state index in [1.807, 2.05) is 78.8 Å². The van der Waals surface area contributed by atoms with Gasteiger partial charge in [0.15, 0.2) is 16.6 Å². The highest BCUT2D eigenvalue weighted by atomic mass is 28.4. The quantitative estimate of drug-likeness (QED) is 0.0554. The number of aliphatic carboxylic acids is 1. The van der Waals surface area contributed by atoms with Crippen molar-refractivity contribution >= 4 is 40.8 Å². The summed E-state index contributed by atoms with van der Waals surface area (Å²) in [5, 5.41) is 15.2. The van der Waals surface area contributed by atoms with Gasteiger partial charge < -0.3 is 43.5 Å². The number of carbonyl (C=O) groups excluding carboxylic acids is 3.